The molecule has 3 heteroatoms. The van der Waals surface area contributed by atoms with Crippen LogP contribution in [0.15, 0.2) is 41.3 Å². The standard InChI is InChI=1S/C15H12OS2/c16-12-5-6-17-14-7-10-9-3-1-2-4-13(9)18-15(10)8-11(12)14/h1-4,7-8,12,16H,5-6H2. The Morgan fingerprint density at radius 1 is 1.06 bits per heavy atom. The second-order valence-electron chi connectivity index (χ2n) is 4.64. The van der Waals surface area contributed by atoms with Crippen LogP contribution in [0.2, 0.25) is 0 Å². The molecule has 3 aromatic rings. The molecule has 1 aliphatic rings. The van der Waals surface area contributed by atoms with Crippen molar-refractivity contribution in [1.29, 1.82) is 0 Å². The molecule has 1 atom stereocenters. The average Bonchev–Trinajstić information content (AvgIpc) is 2.75. The van der Waals surface area contributed by atoms with Crippen molar-refractivity contribution in [2.45, 2.75) is 17.4 Å². The summed E-state index contributed by atoms with van der Waals surface area (Å²) in [4.78, 5) is 1.25. The minimum atomic E-state index is -0.282. The predicted molar refractivity (Wildman–Crippen MR) is 79.6 cm³/mol. The quantitative estimate of drug-likeness (QED) is 0.646. The van der Waals surface area contributed by atoms with Gasteiger partial charge in [-0.15, -0.1) is 23.1 Å². The van der Waals surface area contributed by atoms with Crippen LogP contribution < -0.4 is 0 Å². The molecule has 90 valence electrons. The highest BCUT2D eigenvalue weighted by molar-refractivity contribution is 7.99. The van der Waals surface area contributed by atoms with Gasteiger partial charge in [0.1, 0.15) is 0 Å². The van der Waals surface area contributed by atoms with Crippen LogP contribution in [0.1, 0.15) is 18.1 Å². The van der Waals surface area contributed by atoms with Crippen LogP contribution >= 0.6 is 23.1 Å². The molecular weight excluding hydrogens is 260 g/mol. The molecule has 0 saturated carbocycles. The van der Waals surface area contributed by atoms with Gasteiger partial charge in [-0.05, 0) is 30.2 Å². The van der Waals surface area contributed by atoms with Gasteiger partial charge in [0.25, 0.3) is 0 Å². The van der Waals surface area contributed by atoms with Crippen molar-refractivity contribution in [3.05, 3.63) is 42.0 Å². The number of rotatable bonds is 0. The van der Waals surface area contributed by atoms with E-state index in [1.807, 2.05) is 23.1 Å². The van der Waals surface area contributed by atoms with Crippen molar-refractivity contribution in [2.75, 3.05) is 5.75 Å². The number of benzene rings is 2. The largest absolute Gasteiger partial charge is 0.388 e. The summed E-state index contributed by atoms with van der Waals surface area (Å²) in [7, 11) is 0. The minimum Gasteiger partial charge on any atom is -0.388 e. The molecule has 0 bridgehead atoms. The van der Waals surface area contributed by atoms with E-state index in [1.54, 1.807) is 0 Å². The average molecular weight is 272 g/mol. The Morgan fingerprint density at radius 3 is 2.89 bits per heavy atom. The topological polar surface area (TPSA) is 20.2 Å². The first-order chi connectivity index (χ1) is 8.83. The summed E-state index contributed by atoms with van der Waals surface area (Å²) in [6.45, 7) is 0. The first-order valence-corrected chi connectivity index (χ1v) is 7.89. The summed E-state index contributed by atoms with van der Waals surface area (Å²) in [5.74, 6) is 1.02. The molecule has 0 amide bonds. The van der Waals surface area contributed by atoms with Crippen molar-refractivity contribution < 1.29 is 5.11 Å². The van der Waals surface area contributed by atoms with E-state index in [9.17, 15) is 5.11 Å². The van der Waals surface area contributed by atoms with E-state index < -0.39 is 0 Å². The van der Waals surface area contributed by atoms with Gasteiger partial charge in [0, 0.05) is 30.8 Å². The van der Waals surface area contributed by atoms with Gasteiger partial charge in [-0.2, -0.15) is 0 Å². The normalized spacial score (nSPS) is 19.3. The highest BCUT2D eigenvalue weighted by Crippen LogP contribution is 2.42. The highest BCUT2D eigenvalue weighted by Gasteiger charge is 2.20. The monoisotopic (exact) mass is 272 g/mol. The Labute approximate surface area is 113 Å². The van der Waals surface area contributed by atoms with Crippen LogP contribution in [-0.4, -0.2) is 10.9 Å². The maximum absolute atomic E-state index is 10.1. The zero-order valence-corrected chi connectivity index (χ0v) is 11.4. The van der Waals surface area contributed by atoms with Crippen molar-refractivity contribution >= 4 is 43.3 Å². The molecule has 0 radical (unpaired) electrons. The second-order valence-corrected chi connectivity index (χ2v) is 6.86. The summed E-state index contributed by atoms with van der Waals surface area (Å²) >= 11 is 3.68. The highest BCUT2D eigenvalue weighted by atomic mass is 32.2. The lowest BCUT2D eigenvalue weighted by Gasteiger charge is -2.20. The zero-order valence-electron chi connectivity index (χ0n) is 9.72. The summed E-state index contributed by atoms with van der Waals surface area (Å²) in [6, 6.07) is 13.0. The Kier molecular flexibility index (Phi) is 2.40. The van der Waals surface area contributed by atoms with Crippen LogP contribution in [-0.2, 0) is 0 Å². The Hall–Kier alpha value is -1.03. The van der Waals surface area contributed by atoms with E-state index in [2.05, 4.69) is 36.4 Å². The third kappa shape index (κ3) is 1.51. The van der Waals surface area contributed by atoms with E-state index >= 15 is 0 Å². The number of thiophene rings is 1. The number of aliphatic hydroxyl groups is 1. The van der Waals surface area contributed by atoms with Crippen molar-refractivity contribution in [1.82, 2.24) is 0 Å². The van der Waals surface area contributed by atoms with E-state index in [-0.39, 0.29) is 6.10 Å². The van der Waals surface area contributed by atoms with Gasteiger partial charge in [0.15, 0.2) is 0 Å². The molecule has 2 aromatic carbocycles. The lowest BCUT2D eigenvalue weighted by molar-refractivity contribution is 0.170. The molecule has 0 fully saturated rings. The fourth-order valence-electron chi connectivity index (χ4n) is 2.59. The predicted octanol–water partition coefficient (Wildman–Crippen LogP) is 4.58. The van der Waals surface area contributed by atoms with Crippen LogP contribution in [0.3, 0.4) is 0 Å². The fourth-order valence-corrected chi connectivity index (χ4v) is 4.85. The molecule has 0 aliphatic carbocycles. The summed E-state index contributed by atoms with van der Waals surface area (Å²) < 4.78 is 2.62. The maximum Gasteiger partial charge on any atom is 0.0809 e. The summed E-state index contributed by atoms with van der Waals surface area (Å²) in [5.41, 5.74) is 1.12. The molecule has 0 spiro atoms. The molecule has 1 unspecified atom stereocenters. The zero-order chi connectivity index (χ0) is 12.1. The van der Waals surface area contributed by atoms with Crippen molar-refractivity contribution in [3.63, 3.8) is 0 Å². The van der Waals surface area contributed by atoms with Crippen LogP contribution in [0, 0.1) is 0 Å². The molecule has 1 aliphatic heterocycles. The molecule has 1 nitrogen and oxygen atoms in total. The molecule has 4 rings (SSSR count). The first-order valence-electron chi connectivity index (χ1n) is 6.09. The van der Waals surface area contributed by atoms with E-state index in [1.165, 1.54) is 25.1 Å². The molecule has 1 aromatic heterocycles. The van der Waals surface area contributed by atoms with E-state index in [0.29, 0.717) is 0 Å². The van der Waals surface area contributed by atoms with E-state index in [0.717, 1.165) is 17.7 Å². The van der Waals surface area contributed by atoms with Crippen LogP contribution in [0.25, 0.3) is 20.2 Å². The second kappa shape index (κ2) is 3.98. The van der Waals surface area contributed by atoms with Gasteiger partial charge in [0.05, 0.1) is 6.10 Å². The molecule has 0 saturated heterocycles. The van der Waals surface area contributed by atoms with Gasteiger partial charge in [-0.3, -0.25) is 0 Å². The SMILES string of the molecule is OC1CCSc2cc3c(cc21)sc1ccccc13. The Morgan fingerprint density at radius 2 is 1.94 bits per heavy atom. The van der Waals surface area contributed by atoms with Crippen molar-refractivity contribution in [2.24, 2.45) is 0 Å². The minimum absolute atomic E-state index is 0.282. The van der Waals surface area contributed by atoms with Crippen molar-refractivity contribution in [3.8, 4) is 0 Å². The third-order valence-electron chi connectivity index (χ3n) is 3.52. The third-order valence-corrected chi connectivity index (χ3v) is 5.75. The number of thioether (sulfide) groups is 1. The first kappa shape index (κ1) is 10.9. The lowest BCUT2D eigenvalue weighted by Crippen LogP contribution is -2.05. The van der Waals surface area contributed by atoms with Gasteiger partial charge >= 0.3 is 0 Å². The van der Waals surface area contributed by atoms with E-state index in [4.69, 9.17) is 0 Å². The fraction of sp³-hybridized carbons (Fsp3) is 0.200. The molecule has 2 heterocycles. The summed E-state index contributed by atoms with van der Waals surface area (Å²) in [5, 5.41) is 12.8. The Balaban J connectivity index is 2.10. The Bertz CT molecular complexity index is 745. The smallest absolute Gasteiger partial charge is 0.0809 e. The van der Waals surface area contributed by atoms with Gasteiger partial charge in [-0.1, -0.05) is 18.2 Å². The number of hydrogen-bond donors (Lipinski definition) is 1. The number of hydrogen-bond acceptors (Lipinski definition) is 3. The van der Waals surface area contributed by atoms with Gasteiger partial charge in [0.2, 0.25) is 0 Å². The van der Waals surface area contributed by atoms with Gasteiger partial charge < -0.3 is 5.11 Å². The summed E-state index contributed by atoms with van der Waals surface area (Å²) in [6.07, 6.45) is 0.588. The van der Waals surface area contributed by atoms with Gasteiger partial charge in [-0.25, -0.2) is 0 Å². The molecule has 18 heavy (non-hydrogen) atoms. The molecule has 1 N–H and O–H groups in total. The van der Waals surface area contributed by atoms with Crippen LogP contribution in [0.4, 0.5) is 0 Å². The lowest BCUT2D eigenvalue weighted by atomic mass is 10.0. The number of aliphatic hydroxyl groups excluding tert-OH is 1. The van der Waals surface area contributed by atoms with Crippen LogP contribution in [0.5, 0.6) is 0 Å². The molecular formula is C15H12OS2. The number of fused-ring (bicyclic) bond motifs is 4. The maximum atomic E-state index is 10.1.